The van der Waals surface area contributed by atoms with Crippen molar-refractivity contribution in [2.75, 3.05) is 13.1 Å². The van der Waals surface area contributed by atoms with E-state index in [1.54, 1.807) is 0 Å². The molecule has 2 atom stereocenters. The minimum Gasteiger partial charge on any atom is -0.462 e. The number of nitrogens with zero attached hydrogens (tertiary/aromatic N) is 3. The molecule has 0 spiro atoms. The second-order valence-electron chi connectivity index (χ2n) is 10.5. The average molecular weight is 469 g/mol. The smallest absolute Gasteiger partial charge is 0.407 e. The molecule has 0 unspecified atom stereocenters. The molecule has 2 aromatic rings. The summed E-state index contributed by atoms with van der Waals surface area (Å²) in [6.07, 6.45) is 4.32. The second kappa shape index (κ2) is 9.78. The normalized spacial score (nSPS) is 18.8. The topological polar surface area (TPSA) is 85.7 Å². The number of carbonyl (C=O) groups is 2. The number of likely N-dealkylation sites (tertiary alicyclic amines) is 1. The lowest BCUT2D eigenvalue weighted by Gasteiger charge is -2.27. The van der Waals surface area contributed by atoms with E-state index >= 15 is 0 Å². The molecule has 0 saturated carbocycles. The first-order valence-electron chi connectivity index (χ1n) is 12.2. The summed E-state index contributed by atoms with van der Waals surface area (Å²) in [7, 11) is 0. The molecule has 1 fully saturated rings. The maximum atomic E-state index is 13.1. The molecule has 2 aliphatic rings. The largest absolute Gasteiger partial charge is 0.462 e. The summed E-state index contributed by atoms with van der Waals surface area (Å²) in [6.45, 7) is 10.5. The highest BCUT2D eigenvalue weighted by Crippen LogP contribution is 2.28. The first-order valence-corrected chi connectivity index (χ1v) is 12.2. The zero-order valence-electron chi connectivity index (χ0n) is 20.8. The molecule has 1 saturated heterocycles. The van der Waals surface area contributed by atoms with Crippen molar-refractivity contribution in [1.82, 2.24) is 19.8 Å². The Morgan fingerprint density at radius 2 is 1.97 bits per heavy atom. The van der Waals surface area contributed by atoms with E-state index in [9.17, 15) is 9.59 Å². The summed E-state index contributed by atoms with van der Waals surface area (Å²) in [5.41, 5.74) is 4.01. The van der Waals surface area contributed by atoms with E-state index in [2.05, 4.69) is 33.0 Å². The Kier molecular flexibility index (Phi) is 6.98. The van der Waals surface area contributed by atoms with E-state index in [0.29, 0.717) is 19.5 Å². The van der Waals surface area contributed by atoms with Crippen molar-refractivity contribution in [3.8, 4) is 5.69 Å². The Morgan fingerprint density at radius 1 is 1.21 bits per heavy atom. The number of aryl methyl sites for hydroxylation is 1. The zero-order chi connectivity index (χ0) is 24.5. The number of ether oxygens (including phenoxy) is 2. The summed E-state index contributed by atoms with van der Waals surface area (Å²) in [5.74, 6) is -0.245. The fourth-order valence-electron chi connectivity index (χ4n) is 4.78. The molecule has 2 aliphatic heterocycles. The molecule has 3 heterocycles. The van der Waals surface area contributed by atoms with Gasteiger partial charge in [-0.15, -0.1) is 0 Å². The van der Waals surface area contributed by atoms with Gasteiger partial charge in [0, 0.05) is 36.9 Å². The zero-order valence-corrected chi connectivity index (χ0v) is 20.8. The van der Waals surface area contributed by atoms with Crippen molar-refractivity contribution >= 4 is 12.1 Å². The van der Waals surface area contributed by atoms with E-state index in [0.717, 1.165) is 36.3 Å². The van der Waals surface area contributed by atoms with Gasteiger partial charge in [0.25, 0.3) is 0 Å². The second-order valence-corrected chi connectivity index (χ2v) is 10.5. The van der Waals surface area contributed by atoms with Crippen LogP contribution in [0.3, 0.4) is 0 Å². The minimum absolute atomic E-state index is 0.0769. The first kappa shape index (κ1) is 24.3. The molecule has 184 valence electrons. The summed E-state index contributed by atoms with van der Waals surface area (Å²) in [5, 5.41) is 2.95. The van der Waals surface area contributed by atoms with Crippen LogP contribution in [-0.4, -0.2) is 63.4 Å². The van der Waals surface area contributed by atoms with E-state index < -0.39 is 17.7 Å². The van der Waals surface area contributed by atoms with Crippen molar-refractivity contribution in [3.05, 3.63) is 47.5 Å². The van der Waals surface area contributed by atoms with Gasteiger partial charge < -0.3 is 19.4 Å². The lowest BCUT2D eigenvalue weighted by atomic mass is 9.98. The highest BCUT2D eigenvalue weighted by atomic mass is 16.6. The van der Waals surface area contributed by atoms with Gasteiger partial charge in [-0.3, -0.25) is 9.69 Å². The summed E-state index contributed by atoms with van der Waals surface area (Å²) >= 11 is 0. The van der Waals surface area contributed by atoms with Crippen LogP contribution < -0.4 is 5.32 Å². The highest BCUT2D eigenvalue weighted by molar-refractivity contribution is 5.76. The van der Waals surface area contributed by atoms with Crippen LogP contribution in [0, 0.1) is 0 Å². The monoisotopic (exact) mass is 468 g/mol. The molecule has 8 nitrogen and oxygen atoms in total. The number of para-hydroxylation sites is 1. The van der Waals surface area contributed by atoms with Crippen molar-refractivity contribution < 1.29 is 19.1 Å². The average Bonchev–Trinajstić information content (AvgIpc) is 3.37. The molecule has 0 aliphatic carbocycles. The summed E-state index contributed by atoms with van der Waals surface area (Å²) in [6, 6.07) is 7.84. The van der Waals surface area contributed by atoms with E-state index in [1.165, 1.54) is 5.56 Å². The molecule has 1 amide bonds. The van der Waals surface area contributed by atoms with Crippen LogP contribution in [0.15, 0.2) is 30.6 Å². The standard InChI is InChI=1S/C26H36N4O4/c1-17(2)33-24(31)23(29-13-12-19(15-29)28-25(32)34-26(3,4)5)14-20-22-11-10-18-8-6-7-9-21(18)30(22)16-27-20/h6-9,16-17,19,23H,10-15H2,1-5H3,(H,28,32)/t19-,23-/m0/s1. The van der Waals surface area contributed by atoms with Gasteiger partial charge in [-0.25, -0.2) is 9.78 Å². The SMILES string of the molecule is CC(C)OC(=O)[C@H](Cc1ncn2c1CCc1ccccc1-2)N1CC[C@H](NC(=O)OC(C)(C)C)C1. The molecule has 34 heavy (non-hydrogen) atoms. The Bertz CT molecular complexity index is 1040. The van der Waals surface area contributed by atoms with Gasteiger partial charge in [0.1, 0.15) is 11.6 Å². The number of fused-ring (bicyclic) bond motifs is 3. The van der Waals surface area contributed by atoms with Gasteiger partial charge in [-0.2, -0.15) is 0 Å². The first-order chi connectivity index (χ1) is 16.1. The van der Waals surface area contributed by atoms with Gasteiger partial charge in [0.15, 0.2) is 0 Å². The summed E-state index contributed by atoms with van der Waals surface area (Å²) < 4.78 is 13.2. The third kappa shape index (κ3) is 5.60. The number of alkyl carbamates (subject to hydrolysis) is 1. The van der Waals surface area contributed by atoms with Crippen LogP contribution in [-0.2, 0) is 33.5 Å². The Hall–Kier alpha value is -2.87. The van der Waals surface area contributed by atoms with Gasteiger partial charge in [-0.1, -0.05) is 18.2 Å². The van der Waals surface area contributed by atoms with E-state index in [-0.39, 0.29) is 18.1 Å². The Morgan fingerprint density at radius 3 is 2.71 bits per heavy atom. The van der Waals surface area contributed by atoms with Gasteiger partial charge >= 0.3 is 12.1 Å². The van der Waals surface area contributed by atoms with Crippen LogP contribution >= 0.6 is 0 Å². The lowest BCUT2D eigenvalue weighted by molar-refractivity contribution is -0.153. The van der Waals surface area contributed by atoms with Crippen LogP contribution in [0.25, 0.3) is 5.69 Å². The van der Waals surface area contributed by atoms with Crippen LogP contribution in [0.1, 0.15) is 58.0 Å². The number of hydrogen-bond donors (Lipinski definition) is 1. The number of hydrogen-bond acceptors (Lipinski definition) is 6. The van der Waals surface area contributed by atoms with Crippen molar-refractivity contribution in [2.45, 2.75) is 84.1 Å². The molecule has 8 heteroatoms. The molecular weight excluding hydrogens is 432 g/mol. The predicted molar refractivity (Wildman–Crippen MR) is 129 cm³/mol. The minimum atomic E-state index is -0.551. The van der Waals surface area contributed by atoms with E-state index in [1.807, 2.05) is 47.0 Å². The number of aromatic nitrogens is 2. The highest BCUT2D eigenvalue weighted by Gasteiger charge is 2.36. The number of imidazole rings is 1. The predicted octanol–water partition coefficient (Wildman–Crippen LogP) is 3.43. The quantitative estimate of drug-likeness (QED) is 0.654. The fraction of sp³-hybridized carbons (Fsp3) is 0.577. The third-order valence-electron chi connectivity index (χ3n) is 6.23. The van der Waals surface area contributed by atoms with Crippen molar-refractivity contribution in [2.24, 2.45) is 0 Å². The van der Waals surface area contributed by atoms with Crippen LogP contribution in [0.5, 0.6) is 0 Å². The molecule has 4 rings (SSSR count). The van der Waals surface area contributed by atoms with Crippen LogP contribution in [0.4, 0.5) is 4.79 Å². The molecule has 1 aromatic heterocycles. The molecule has 0 radical (unpaired) electrons. The Balaban J connectivity index is 1.50. The van der Waals surface area contributed by atoms with Crippen molar-refractivity contribution in [3.63, 3.8) is 0 Å². The third-order valence-corrected chi connectivity index (χ3v) is 6.23. The summed E-state index contributed by atoms with van der Waals surface area (Å²) in [4.78, 5) is 32.2. The maximum Gasteiger partial charge on any atom is 0.407 e. The van der Waals surface area contributed by atoms with Gasteiger partial charge in [-0.05, 0) is 65.5 Å². The molecular formula is C26H36N4O4. The molecule has 1 aromatic carbocycles. The number of amides is 1. The molecule has 1 N–H and O–H groups in total. The maximum absolute atomic E-state index is 13.1. The van der Waals surface area contributed by atoms with Gasteiger partial charge in [0.05, 0.1) is 18.1 Å². The molecule has 0 bridgehead atoms. The number of carbonyl (C=O) groups excluding carboxylic acids is 2. The number of esters is 1. The van der Waals surface area contributed by atoms with Crippen molar-refractivity contribution in [1.29, 1.82) is 0 Å². The Labute approximate surface area is 201 Å². The lowest BCUT2D eigenvalue weighted by Crippen LogP contribution is -2.46. The van der Waals surface area contributed by atoms with Gasteiger partial charge in [0.2, 0.25) is 0 Å². The number of nitrogens with one attached hydrogen (secondary N) is 1. The number of benzene rings is 1. The number of rotatable bonds is 6. The van der Waals surface area contributed by atoms with Crippen LogP contribution in [0.2, 0.25) is 0 Å². The van der Waals surface area contributed by atoms with E-state index in [4.69, 9.17) is 14.5 Å². The fourth-order valence-corrected chi connectivity index (χ4v) is 4.78.